The van der Waals surface area contributed by atoms with Gasteiger partial charge in [0.1, 0.15) is 0 Å². The summed E-state index contributed by atoms with van der Waals surface area (Å²) in [5, 5.41) is 6.51. The summed E-state index contributed by atoms with van der Waals surface area (Å²) in [5.74, 6) is 0.860. The Morgan fingerprint density at radius 1 is 1.57 bits per heavy atom. The van der Waals surface area contributed by atoms with Crippen LogP contribution in [0.5, 0.6) is 0 Å². The molecule has 1 amide bonds. The topological polar surface area (TPSA) is 41.1 Å². The predicted octanol–water partition coefficient (Wildman–Crippen LogP) is 1.29. The van der Waals surface area contributed by atoms with Crippen molar-refractivity contribution in [2.45, 2.75) is 52.1 Å². The third-order valence-electron chi connectivity index (χ3n) is 2.96. The van der Waals surface area contributed by atoms with Crippen LogP contribution >= 0.6 is 0 Å². The van der Waals surface area contributed by atoms with Crippen molar-refractivity contribution in [3.8, 4) is 0 Å². The largest absolute Gasteiger partial charge is 0.355 e. The van der Waals surface area contributed by atoms with Gasteiger partial charge in [-0.15, -0.1) is 0 Å². The summed E-state index contributed by atoms with van der Waals surface area (Å²) in [7, 11) is 0. The number of piperidine rings is 1. The molecular formula is C11H22N2O. The first-order valence-electron chi connectivity index (χ1n) is 5.66. The minimum atomic E-state index is 0.195. The van der Waals surface area contributed by atoms with E-state index in [1.54, 1.807) is 0 Å². The maximum atomic E-state index is 11.0. The van der Waals surface area contributed by atoms with E-state index in [0.717, 1.165) is 19.4 Å². The number of carbonyl (C=O) groups is 1. The summed E-state index contributed by atoms with van der Waals surface area (Å²) in [6.07, 6.45) is 2.81. The lowest BCUT2D eigenvalue weighted by atomic mass is 9.98. The molecule has 0 spiro atoms. The second-order valence-corrected chi connectivity index (χ2v) is 4.47. The molecule has 3 heteroatoms. The summed E-state index contributed by atoms with van der Waals surface area (Å²) in [5.41, 5.74) is 0. The summed E-state index contributed by atoms with van der Waals surface area (Å²) in [4.78, 5) is 11.0. The maximum absolute atomic E-state index is 11.0. The second-order valence-electron chi connectivity index (χ2n) is 4.47. The molecule has 1 aliphatic heterocycles. The number of rotatable bonds is 4. The Morgan fingerprint density at radius 3 is 2.71 bits per heavy atom. The lowest BCUT2D eigenvalue weighted by molar-refractivity contribution is -0.122. The number of carbonyl (C=O) groups excluding carboxylic acids is 1. The van der Waals surface area contributed by atoms with E-state index >= 15 is 0 Å². The van der Waals surface area contributed by atoms with Crippen LogP contribution in [0.25, 0.3) is 0 Å². The molecule has 1 heterocycles. The molecule has 0 radical (unpaired) electrons. The van der Waals surface area contributed by atoms with Crippen LogP contribution in [-0.2, 0) is 4.79 Å². The smallest absolute Gasteiger partial charge is 0.220 e. The van der Waals surface area contributed by atoms with Crippen molar-refractivity contribution in [3.63, 3.8) is 0 Å². The van der Waals surface area contributed by atoms with Crippen LogP contribution in [0.3, 0.4) is 0 Å². The molecular weight excluding hydrogens is 176 g/mol. The predicted molar refractivity (Wildman–Crippen MR) is 58.1 cm³/mol. The summed E-state index contributed by atoms with van der Waals surface area (Å²) in [6.45, 7) is 7.48. The summed E-state index contributed by atoms with van der Waals surface area (Å²) < 4.78 is 0. The highest BCUT2D eigenvalue weighted by Crippen LogP contribution is 2.10. The van der Waals surface area contributed by atoms with Gasteiger partial charge in [0.2, 0.25) is 5.91 Å². The van der Waals surface area contributed by atoms with Crippen molar-refractivity contribution in [2.24, 2.45) is 5.92 Å². The van der Waals surface area contributed by atoms with Crippen LogP contribution in [-0.4, -0.2) is 24.5 Å². The van der Waals surface area contributed by atoms with Crippen molar-refractivity contribution >= 4 is 5.91 Å². The zero-order chi connectivity index (χ0) is 10.6. The van der Waals surface area contributed by atoms with Gasteiger partial charge in [0.15, 0.2) is 0 Å². The van der Waals surface area contributed by atoms with E-state index in [-0.39, 0.29) is 5.91 Å². The fourth-order valence-electron chi connectivity index (χ4n) is 1.96. The monoisotopic (exact) mass is 198 g/mol. The average Bonchev–Trinajstić information content (AvgIpc) is 2.16. The van der Waals surface area contributed by atoms with Gasteiger partial charge in [-0.05, 0) is 18.8 Å². The standard InChI is InChI=1S/C11H22N2O/c1-4-10(8(2)3)13-9-5-6-11(14)12-7-9/h8-10,13H,4-7H2,1-3H3,(H,12,14). The number of hydrogen-bond acceptors (Lipinski definition) is 2. The highest BCUT2D eigenvalue weighted by molar-refractivity contribution is 5.76. The molecule has 0 saturated carbocycles. The first-order chi connectivity index (χ1) is 6.63. The number of amides is 1. The van der Waals surface area contributed by atoms with Crippen molar-refractivity contribution in [3.05, 3.63) is 0 Å². The Morgan fingerprint density at radius 2 is 2.29 bits per heavy atom. The fraction of sp³-hybridized carbons (Fsp3) is 0.909. The number of nitrogens with one attached hydrogen (secondary N) is 2. The van der Waals surface area contributed by atoms with Crippen LogP contribution in [0, 0.1) is 5.92 Å². The van der Waals surface area contributed by atoms with Gasteiger partial charge in [0.25, 0.3) is 0 Å². The Kier molecular flexibility index (Phi) is 4.39. The maximum Gasteiger partial charge on any atom is 0.220 e. The molecule has 82 valence electrons. The molecule has 2 N–H and O–H groups in total. The van der Waals surface area contributed by atoms with E-state index in [4.69, 9.17) is 0 Å². The highest BCUT2D eigenvalue weighted by atomic mass is 16.1. The fourth-order valence-corrected chi connectivity index (χ4v) is 1.96. The van der Waals surface area contributed by atoms with Crippen LogP contribution in [0.15, 0.2) is 0 Å². The van der Waals surface area contributed by atoms with Crippen molar-refractivity contribution < 1.29 is 4.79 Å². The van der Waals surface area contributed by atoms with Gasteiger partial charge in [-0.2, -0.15) is 0 Å². The quantitative estimate of drug-likeness (QED) is 0.714. The normalized spacial score (nSPS) is 24.9. The minimum Gasteiger partial charge on any atom is -0.355 e. The van der Waals surface area contributed by atoms with Gasteiger partial charge in [-0.25, -0.2) is 0 Å². The van der Waals surface area contributed by atoms with E-state index in [9.17, 15) is 4.79 Å². The summed E-state index contributed by atoms with van der Waals surface area (Å²) in [6, 6.07) is 1.05. The first kappa shape index (κ1) is 11.5. The molecule has 2 unspecified atom stereocenters. The van der Waals surface area contributed by atoms with E-state index in [0.29, 0.717) is 24.4 Å². The SMILES string of the molecule is CCC(NC1CCC(=O)NC1)C(C)C. The van der Waals surface area contributed by atoms with Gasteiger partial charge in [-0.3, -0.25) is 4.79 Å². The van der Waals surface area contributed by atoms with E-state index in [1.807, 2.05) is 0 Å². The Hall–Kier alpha value is -0.570. The van der Waals surface area contributed by atoms with E-state index in [1.165, 1.54) is 0 Å². The third kappa shape index (κ3) is 3.29. The molecule has 1 rings (SSSR count). The second kappa shape index (κ2) is 5.35. The molecule has 1 fully saturated rings. The molecule has 14 heavy (non-hydrogen) atoms. The van der Waals surface area contributed by atoms with Crippen LogP contribution in [0.4, 0.5) is 0 Å². The van der Waals surface area contributed by atoms with E-state index in [2.05, 4.69) is 31.4 Å². The van der Waals surface area contributed by atoms with Gasteiger partial charge in [-0.1, -0.05) is 20.8 Å². The lowest BCUT2D eigenvalue weighted by Gasteiger charge is -2.30. The van der Waals surface area contributed by atoms with Gasteiger partial charge >= 0.3 is 0 Å². The van der Waals surface area contributed by atoms with Crippen molar-refractivity contribution in [2.75, 3.05) is 6.54 Å². The van der Waals surface area contributed by atoms with Gasteiger partial charge in [0.05, 0.1) is 0 Å². The molecule has 0 bridgehead atoms. The van der Waals surface area contributed by atoms with Crippen molar-refractivity contribution in [1.82, 2.24) is 10.6 Å². The molecule has 0 aliphatic carbocycles. The molecule has 0 aromatic carbocycles. The Labute approximate surface area is 86.6 Å². The van der Waals surface area contributed by atoms with Crippen molar-refractivity contribution in [1.29, 1.82) is 0 Å². The highest BCUT2D eigenvalue weighted by Gasteiger charge is 2.21. The Balaban J connectivity index is 2.32. The Bertz CT molecular complexity index is 182. The molecule has 1 saturated heterocycles. The average molecular weight is 198 g/mol. The zero-order valence-electron chi connectivity index (χ0n) is 9.47. The first-order valence-corrected chi connectivity index (χ1v) is 5.66. The summed E-state index contributed by atoms with van der Waals surface area (Å²) >= 11 is 0. The molecule has 0 aromatic rings. The number of hydrogen-bond donors (Lipinski definition) is 2. The van der Waals surface area contributed by atoms with Crippen LogP contribution in [0.2, 0.25) is 0 Å². The van der Waals surface area contributed by atoms with Gasteiger partial charge < -0.3 is 10.6 Å². The third-order valence-corrected chi connectivity index (χ3v) is 2.96. The van der Waals surface area contributed by atoms with Crippen LogP contribution in [0.1, 0.15) is 40.0 Å². The minimum absolute atomic E-state index is 0.195. The molecule has 0 aromatic heterocycles. The molecule has 1 aliphatic rings. The molecule has 2 atom stereocenters. The van der Waals surface area contributed by atoms with Gasteiger partial charge in [0, 0.05) is 25.0 Å². The zero-order valence-corrected chi connectivity index (χ0v) is 9.47. The van der Waals surface area contributed by atoms with Crippen LogP contribution < -0.4 is 10.6 Å². The van der Waals surface area contributed by atoms with E-state index < -0.39 is 0 Å². The lowest BCUT2D eigenvalue weighted by Crippen LogP contribution is -2.50. The molecule has 3 nitrogen and oxygen atoms in total.